The Labute approximate surface area is 159 Å². The number of aromatic nitrogens is 1. The van der Waals surface area contributed by atoms with E-state index in [1.807, 2.05) is 0 Å². The van der Waals surface area contributed by atoms with Crippen LogP contribution in [0.1, 0.15) is 5.56 Å². The molecular weight excluding hydrogens is 389 g/mol. The van der Waals surface area contributed by atoms with Crippen molar-refractivity contribution >= 4 is 44.2 Å². The Morgan fingerprint density at radius 3 is 2.41 bits per heavy atom. The van der Waals surface area contributed by atoms with Gasteiger partial charge in [-0.1, -0.05) is 30.3 Å². The maximum Gasteiger partial charge on any atom is 0.284 e. The smallest absolute Gasteiger partial charge is 0.284 e. The highest BCUT2D eigenvalue weighted by molar-refractivity contribution is 7.93. The molecular formula is C18H14FN3O3S2. The molecule has 6 nitrogen and oxygen atoms in total. The molecule has 0 saturated heterocycles. The number of thiazole rings is 1. The summed E-state index contributed by atoms with van der Waals surface area (Å²) < 4.78 is 40.8. The van der Waals surface area contributed by atoms with Gasteiger partial charge in [0.2, 0.25) is 0 Å². The Balaban J connectivity index is 1.68. The van der Waals surface area contributed by atoms with E-state index < -0.39 is 21.8 Å². The summed E-state index contributed by atoms with van der Waals surface area (Å²) in [6.45, 7) is 0. The molecule has 0 fully saturated rings. The van der Waals surface area contributed by atoms with Gasteiger partial charge in [-0.25, -0.2) is 17.8 Å². The lowest BCUT2D eigenvalue weighted by molar-refractivity contribution is -0.114. The molecule has 138 valence electrons. The zero-order valence-corrected chi connectivity index (χ0v) is 15.4. The number of sulfonamides is 1. The predicted octanol–water partition coefficient (Wildman–Crippen LogP) is 3.89. The summed E-state index contributed by atoms with van der Waals surface area (Å²) >= 11 is 1.15. The molecule has 3 aromatic rings. The van der Waals surface area contributed by atoms with Crippen molar-refractivity contribution in [2.75, 3.05) is 10.0 Å². The van der Waals surface area contributed by atoms with Crippen LogP contribution in [0.2, 0.25) is 0 Å². The normalized spacial score (nSPS) is 11.8. The average Bonchev–Trinajstić information content (AvgIpc) is 3.15. The van der Waals surface area contributed by atoms with Crippen molar-refractivity contribution in [2.24, 2.45) is 0 Å². The second-order valence-electron chi connectivity index (χ2n) is 5.32. The van der Waals surface area contributed by atoms with Gasteiger partial charge in [0.1, 0.15) is 0 Å². The minimum absolute atomic E-state index is 0.00371. The van der Waals surface area contributed by atoms with Gasteiger partial charge in [0, 0.05) is 17.3 Å². The van der Waals surface area contributed by atoms with Gasteiger partial charge in [0.25, 0.3) is 15.9 Å². The maximum absolute atomic E-state index is 14.0. The molecule has 1 amide bonds. The number of amides is 1. The van der Waals surface area contributed by atoms with E-state index in [4.69, 9.17) is 0 Å². The van der Waals surface area contributed by atoms with Crippen LogP contribution in [0.3, 0.4) is 0 Å². The molecule has 2 N–H and O–H groups in total. The van der Waals surface area contributed by atoms with Crippen LogP contribution in [0.5, 0.6) is 0 Å². The van der Waals surface area contributed by atoms with Crippen molar-refractivity contribution in [3.63, 3.8) is 0 Å². The molecule has 0 spiro atoms. The van der Waals surface area contributed by atoms with Gasteiger partial charge in [-0.15, -0.1) is 11.3 Å². The molecule has 1 aromatic heterocycles. The van der Waals surface area contributed by atoms with E-state index in [0.717, 1.165) is 17.4 Å². The van der Waals surface area contributed by atoms with E-state index >= 15 is 0 Å². The van der Waals surface area contributed by atoms with Crippen LogP contribution in [0.15, 0.2) is 76.9 Å². The van der Waals surface area contributed by atoms with Crippen molar-refractivity contribution in [1.82, 2.24) is 4.98 Å². The van der Waals surface area contributed by atoms with Crippen molar-refractivity contribution in [3.8, 4) is 0 Å². The van der Waals surface area contributed by atoms with Crippen molar-refractivity contribution in [2.45, 2.75) is 4.90 Å². The molecule has 0 bridgehead atoms. The third kappa shape index (κ3) is 4.99. The Kier molecular flexibility index (Phi) is 5.63. The van der Waals surface area contributed by atoms with E-state index in [0.29, 0.717) is 5.56 Å². The number of hydrogen-bond donors (Lipinski definition) is 2. The lowest BCUT2D eigenvalue weighted by Gasteiger charge is -2.07. The summed E-state index contributed by atoms with van der Waals surface area (Å²) in [4.78, 5) is 15.8. The predicted molar refractivity (Wildman–Crippen MR) is 104 cm³/mol. The topological polar surface area (TPSA) is 88.2 Å². The minimum atomic E-state index is -3.79. The minimum Gasteiger partial charge on any atom is -0.320 e. The van der Waals surface area contributed by atoms with E-state index in [-0.39, 0.29) is 15.7 Å². The van der Waals surface area contributed by atoms with Crippen molar-refractivity contribution in [1.29, 1.82) is 0 Å². The first-order chi connectivity index (χ1) is 12.9. The number of anilines is 2. The standard InChI is InChI=1S/C18H14FN3O3S2/c19-16(12-13-4-2-1-3-5-13)17(23)21-14-6-8-15(9-7-14)27(24,25)22-18-20-10-11-26-18/h1-12H,(H,20,22)(H,21,23)/b16-12-. The zero-order chi connectivity index (χ0) is 19.3. The van der Waals surface area contributed by atoms with Crippen LogP contribution in [0, 0.1) is 0 Å². The number of benzene rings is 2. The van der Waals surface area contributed by atoms with Crippen LogP contribution in [-0.4, -0.2) is 19.3 Å². The molecule has 0 radical (unpaired) electrons. The Hall–Kier alpha value is -3.04. The molecule has 0 atom stereocenters. The molecule has 0 aliphatic heterocycles. The number of carbonyl (C=O) groups excluding carboxylic acids is 1. The van der Waals surface area contributed by atoms with Crippen LogP contribution in [-0.2, 0) is 14.8 Å². The van der Waals surface area contributed by atoms with Crippen LogP contribution in [0.25, 0.3) is 6.08 Å². The first kappa shape index (κ1) is 18.7. The van der Waals surface area contributed by atoms with Gasteiger partial charge in [0.05, 0.1) is 4.90 Å². The summed E-state index contributed by atoms with van der Waals surface area (Å²) in [5, 5.41) is 4.28. The van der Waals surface area contributed by atoms with E-state index in [1.165, 1.54) is 30.5 Å². The number of rotatable bonds is 6. The van der Waals surface area contributed by atoms with E-state index in [9.17, 15) is 17.6 Å². The molecule has 9 heteroatoms. The van der Waals surface area contributed by atoms with Crippen LogP contribution in [0.4, 0.5) is 15.2 Å². The zero-order valence-electron chi connectivity index (χ0n) is 13.8. The van der Waals surface area contributed by atoms with Gasteiger partial charge >= 0.3 is 0 Å². The lowest BCUT2D eigenvalue weighted by atomic mass is 10.2. The Morgan fingerprint density at radius 1 is 1.07 bits per heavy atom. The first-order valence-electron chi connectivity index (χ1n) is 7.70. The highest BCUT2D eigenvalue weighted by Gasteiger charge is 2.16. The SMILES string of the molecule is O=C(Nc1ccc(S(=O)(=O)Nc2nccs2)cc1)/C(F)=C/c1ccccc1. The number of hydrogen-bond acceptors (Lipinski definition) is 5. The number of carbonyl (C=O) groups is 1. The number of nitrogens with one attached hydrogen (secondary N) is 2. The maximum atomic E-state index is 14.0. The third-order valence-corrected chi connectivity index (χ3v) is 5.56. The lowest BCUT2D eigenvalue weighted by Crippen LogP contribution is -2.14. The molecule has 1 heterocycles. The fraction of sp³-hybridized carbons (Fsp3) is 0. The van der Waals surface area contributed by atoms with Gasteiger partial charge in [-0.3, -0.25) is 9.52 Å². The molecule has 3 rings (SSSR count). The highest BCUT2D eigenvalue weighted by Crippen LogP contribution is 2.20. The van der Waals surface area contributed by atoms with Crippen LogP contribution >= 0.6 is 11.3 Å². The largest absolute Gasteiger partial charge is 0.320 e. The summed E-state index contributed by atoms with van der Waals surface area (Å²) in [7, 11) is -3.79. The third-order valence-electron chi connectivity index (χ3n) is 3.39. The summed E-state index contributed by atoms with van der Waals surface area (Å²) in [6, 6.07) is 14.0. The first-order valence-corrected chi connectivity index (χ1v) is 10.1. The summed E-state index contributed by atoms with van der Waals surface area (Å²) in [5.41, 5.74) is 0.824. The van der Waals surface area contributed by atoms with Gasteiger partial charge in [-0.2, -0.15) is 0 Å². The average molecular weight is 403 g/mol. The Bertz CT molecular complexity index is 1050. The second kappa shape index (κ2) is 8.11. The van der Waals surface area contributed by atoms with Gasteiger partial charge < -0.3 is 5.32 Å². The van der Waals surface area contributed by atoms with Crippen LogP contribution < -0.4 is 10.0 Å². The quantitative estimate of drug-likeness (QED) is 0.611. The number of nitrogens with zero attached hydrogens (tertiary/aromatic N) is 1. The summed E-state index contributed by atoms with van der Waals surface area (Å²) in [6.07, 6.45) is 2.60. The Morgan fingerprint density at radius 2 is 1.78 bits per heavy atom. The number of halogens is 1. The molecule has 0 unspecified atom stereocenters. The summed E-state index contributed by atoms with van der Waals surface area (Å²) in [5.74, 6) is -1.88. The van der Waals surface area contributed by atoms with E-state index in [1.54, 1.807) is 35.7 Å². The molecule has 0 aliphatic carbocycles. The van der Waals surface area contributed by atoms with Crippen molar-refractivity contribution < 1.29 is 17.6 Å². The van der Waals surface area contributed by atoms with Gasteiger partial charge in [-0.05, 0) is 35.9 Å². The van der Waals surface area contributed by atoms with Gasteiger partial charge in [0.15, 0.2) is 11.0 Å². The molecule has 0 aliphatic rings. The monoisotopic (exact) mass is 403 g/mol. The fourth-order valence-corrected chi connectivity index (χ4v) is 3.91. The van der Waals surface area contributed by atoms with Crippen molar-refractivity contribution in [3.05, 3.63) is 77.6 Å². The second-order valence-corrected chi connectivity index (χ2v) is 7.90. The molecule has 27 heavy (non-hydrogen) atoms. The fourth-order valence-electron chi connectivity index (χ4n) is 2.12. The van der Waals surface area contributed by atoms with E-state index in [2.05, 4.69) is 15.0 Å². The molecule has 2 aromatic carbocycles. The highest BCUT2D eigenvalue weighted by atomic mass is 32.2. The molecule has 0 saturated carbocycles.